The van der Waals surface area contributed by atoms with Crippen LogP contribution in [0, 0.1) is 12.7 Å². The van der Waals surface area contributed by atoms with Crippen LogP contribution in [0.4, 0.5) is 4.39 Å². The van der Waals surface area contributed by atoms with Gasteiger partial charge in [0.2, 0.25) is 5.88 Å². The molecular formula is C20H17FN2OS. The molecule has 25 heavy (non-hydrogen) atoms. The summed E-state index contributed by atoms with van der Waals surface area (Å²) in [5.74, 6) is 0.938. The third kappa shape index (κ3) is 2.96. The van der Waals surface area contributed by atoms with Gasteiger partial charge in [0.1, 0.15) is 22.9 Å². The van der Waals surface area contributed by atoms with Crippen molar-refractivity contribution in [2.24, 2.45) is 0 Å². The standard InChI is InChI=1S/C20H17FN2OS/c1-3-16-22-18-17-14(21)8-5-9-15(17)25-19(18)20(23-16)24-11-13-7-4-6-12(2)10-13/h4-10H,3,11H2,1-2H3. The van der Waals surface area contributed by atoms with E-state index in [-0.39, 0.29) is 5.82 Å². The molecule has 0 aliphatic heterocycles. The molecule has 0 amide bonds. The van der Waals surface area contributed by atoms with E-state index in [4.69, 9.17) is 4.74 Å². The van der Waals surface area contributed by atoms with Gasteiger partial charge in [0.05, 0.1) is 10.9 Å². The summed E-state index contributed by atoms with van der Waals surface area (Å²) in [4.78, 5) is 9.09. The van der Waals surface area contributed by atoms with Gasteiger partial charge in [-0.15, -0.1) is 11.3 Å². The topological polar surface area (TPSA) is 35.0 Å². The Morgan fingerprint density at radius 2 is 1.96 bits per heavy atom. The van der Waals surface area contributed by atoms with Crippen LogP contribution >= 0.6 is 11.3 Å². The minimum absolute atomic E-state index is 0.255. The maximum absolute atomic E-state index is 14.3. The number of benzene rings is 2. The van der Waals surface area contributed by atoms with E-state index in [9.17, 15) is 4.39 Å². The maximum atomic E-state index is 14.3. The summed E-state index contributed by atoms with van der Waals surface area (Å²) in [5, 5.41) is 0.556. The van der Waals surface area contributed by atoms with Crippen LogP contribution in [-0.4, -0.2) is 9.97 Å². The average molecular weight is 352 g/mol. The fraction of sp³-hybridized carbons (Fsp3) is 0.200. The Labute approximate surface area is 149 Å². The van der Waals surface area contributed by atoms with Crippen LogP contribution in [0.25, 0.3) is 20.3 Å². The van der Waals surface area contributed by atoms with Gasteiger partial charge in [-0.1, -0.05) is 42.8 Å². The van der Waals surface area contributed by atoms with E-state index in [1.165, 1.54) is 23.0 Å². The molecule has 0 N–H and O–H groups in total. The molecule has 2 aromatic carbocycles. The van der Waals surface area contributed by atoms with Crippen molar-refractivity contribution in [1.29, 1.82) is 0 Å². The summed E-state index contributed by atoms with van der Waals surface area (Å²) in [5.41, 5.74) is 2.91. The molecule has 5 heteroatoms. The van der Waals surface area contributed by atoms with Gasteiger partial charge in [-0.2, -0.15) is 4.98 Å². The Morgan fingerprint density at radius 3 is 2.76 bits per heavy atom. The Hall–Kier alpha value is -2.53. The molecule has 0 fully saturated rings. The Kier molecular flexibility index (Phi) is 4.09. The molecule has 0 bridgehead atoms. The molecule has 0 aliphatic carbocycles. The smallest absolute Gasteiger partial charge is 0.235 e. The zero-order chi connectivity index (χ0) is 17.4. The van der Waals surface area contributed by atoms with E-state index in [1.54, 1.807) is 6.07 Å². The van der Waals surface area contributed by atoms with E-state index in [0.29, 0.717) is 35.6 Å². The van der Waals surface area contributed by atoms with Crippen molar-refractivity contribution < 1.29 is 9.13 Å². The van der Waals surface area contributed by atoms with Crippen LogP contribution in [0.15, 0.2) is 42.5 Å². The molecule has 0 aliphatic rings. The number of halogens is 1. The highest BCUT2D eigenvalue weighted by Crippen LogP contribution is 2.38. The van der Waals surface area contributed by atoms with Gasteiger partial charge in [0, 0.05) is 11.1 Å². The minimum atomic E-state index is -0.255. The fourth-order valence-electron chi connectivity index (χ4n) is 2.87. The maximum Gasteiger partial charge on any atom is 0.235 e. The molecular weight excluding hydrogens is 335 g/mol. The van der Waals surface area contributed by atoms with Crippen molar-refractivity contribution in [1.82, 2.24) is 9.97 Å². The summed E-state index contributed by atoms with van der Waals surface area (Å²) in [6, 6.07) is 13.3. The van der Waals surface area contributed by atoms with Crippen molar-refractivity contribution in [2.75, 3.05) is 0 Å². The number of aromatic nitrogens is 2. The molecule has 0 radical (unpaired) electrons. The van der Waals surface area contributed by atoms with Crippen molar-refractivity contribution in [2.45, 2.75) is 26.9 Å². The summed E-state index contributed by atoms with van der Waals surface area (Å²) in [7, 11) is 0. The lowest BCUT2D eigenvalue weighted by atomic mass is 10.1. The zero-order valence-electron chi connectivity index (χ0n) is 14.0. The predicted octanol–water partition coefficient (Wildman–Crippen LogP) is 5.43. The second kappa shape index (κ2) is 6.41. The minimum Gasteiger partial charge on any atom is -0.472 e. The lowest BCUT2D eigenvalue weighted by Crippen LogP contribution is -2.01. The molecule has 126 valence electrons. The third-order valence-corrected chi connectivity index (χ3v) is 5.21. The summed E-state index contributed by atoms with van der Waals surface area (Å²) in [6.45, 7) is 4.46. The highest BCUT2D eigenvalue weighted by molar-refractivity contribution is 7.26. The van der Waals surface area contributed by atoms with E-state index in [0.717, 1.165) is 15.0 Å². The Bertz CT molecular complexity index is 1070. The lowest BCUT2D eigenvalue weighted by molar-refractivity contribution is 0.297. The first-order valence-corrected chi connectivity index (χ1v) is 9.03. The van der Waals surface area contributed by atoms with Crippen molar-refractivity contribution >= 4 is 31.6 Å². The first-order chi connectivity index (χ1) is 12.2. The molecule has 0 unspecified atom stereocenters. The van der Waals surface area contributed by atoms with Gasteiger partial charge in [-0.25, -0.2) is 9.37 Å². The van der Waals surface area contributed by atoms with Gasteiger partial charge in [0.15, 0.2) is 0 Å². The van der Waals surface area contributed by atoms with E-state index in [2.05, 4.69) is 29.0 Å². The molecule has 4 aromatic rings. The summed E-state index contributed by atoms with van der Waals surface area (Å²) < 4.78 is 22.0. The van der Waals surface area contributed by atoms with Crippen molar-refractivity contribution in [3.63, 3.8) is 0 Å². The molecule has 0 atom stereocenters. The van der Waals surface area contributed by atoms with Gasteiger partial charge < -0.3 is 4.74 Å². The lowest BCUT2D eigenvalue weighted by Gasteiger charge is -2.08. The largest absolute Gasteiger partial charge is 0.472 e. The van der Waals surface area contributed by atoms with Gasteiger partial charge in [-0.05, 0) is 24.6 Å². The number of nitrogens with zero attached hydrogens (tertiary/aromatic N) is 2. The second-order valence-corrected chi connectivity index (χ2v) is 7.02. The zero-order valence-corrected chi connectivity index (χ0v) is 14.9. The monoisotopic (exact) mass is 352 g/mol. The molecule has 3 nitrogen and oxygen atoms in total. The van der Waals surface area contributed by atoms with E-state index in [1.807, 2.05) is 25.1 Å². The number of hydrogen-bond acceptors (Lipinski definition) is 4. The molecule has 2 aromatic heterocycles. The van der Waals surface area contributed by atoms with Gasteiger partial charge in [0.25, 0.3) is 0 Å². The highest BCUT2D eigenvalue weighted by atomic mass is 32.1. The average Bonchev–Trinajstić information content (AvgIpc) is 2.99. The van der Waals surface area contributed by atoms with Crippen LogP contribution in [-0.2, 0) is 13.0 Å². The number of thiophene rings is 1. The van der Waals surface area contributed by atoms with Gasteiger partial charge in [-0.3, -0.25) is 0 Å². The van der Waals surface area contributed by atoms with Crippen LogP contribution in [0.3, 0.4) is 0 Å². The molecule has 2 heterocycles. The van der Waals surface area contributed by atoms with Crippen molar-refractivity contribution in [3.8, 4) is 5.88 Å². The predicted molar refractivity (Wildman–Crippen MR) is 99.8 cm³/mol. The normalized spacial score (nSPS) is 11.3. The Balaban J connectivity index is 1.82. The van der Waals surface area contributed by atoms with E-state index < -0.39 is 0 Å². The number of fused-ring (bicyclic) bond motifs is 3. The third-order valence-electron chi connectivity index (χ3n) is 4.08. The fourth-order valence-corrected chi connectivity index (χ4v) is 3.97. The van der Waals surface area contributed by atoms with Crippen LogP contribution in [0.1, 0.15) is 23.9 Å². The first kappa shape index (κ1) is 16.0. The quantitative estimate of drug-likeness (QED) is 0.491. The van der Waals surface area contributed by atoms with Crippen molar-refractivity contribution in [3.05, 3.63) is 65.2 Å². The number of hydrogen-bond donors (Lipinski definition) is 0. The molecule has 4 rings (SSSR count). The molecule has 0 saturated heterocycles. The number of rotatable bonds is 4. The van der Waals surface area contributed by atoms with Crippen LogP contribution < -0.4 is 4.74 Å². The number of ether oxygens (including phenoxy) is 1. The first-order valence-electron chi connectivity index (χ1n) is 8.21. The Morgan fingerprint density at radius 1 is 1.12 bits per heavy atom. The second-order valence-electron chi connectivity index (χ2n) is 5.97. The summed E-state index contributed by atoms with van der Waals surface area (Å²) in [6.07, 6.45) is 0.669. The van der Waals surface area contributed by atoms with E-state index >= 15 is 0 Å². The summed E-state index contributed by atoms with van der Waals surface area (Å²) >= 11 is 1.47. The highest BCUT2D eigenvalue weighted by Gasteiger charge is 2.17. The van der Waals surface area contributed by atoms with Gasteiger partial charge >= 0.3 is 0 Å². The van der Waals surface area contributed by atoms with Crippen LogP contribution in [0.2, 0.25) is 0 Å². The molecule has 0 saturated carbocycles. The number of aryl methyl sites for hydroxylation is 2. The molecule has 0 spiro atoms. The SMILES string of the molecule is CCc1nc(OCc2cccc(C)c2)c2sc3cccc(F)c3c2n1. The van der Waals surface area contributed by atoms with Crippen LogP contribution in [0.5, 0.6) is 5.88 Å².